The maximum Gasteiger partial charge on any atom is 0.412 e. The monoisotopic (exact) mass is 372 g/mol. The Labute approximate surface area is 153 Å². The van der Waals surface area contributed by atoms with Gasteiger partial charge in [-0.3, -0.25) is 15.7 Å². The summed E-state index contributed by atoms with van der Waals surface area (Å²) in [6, 6.07) is 6.70. The molecule has 0 spiro atoms. The highest BCUT2D eigenvalue weighted by Crippen LogP contribution is 2.22. The summed E-state index contributed by atoms with van der Waals surface area (Å²) in [6.07, 6.45) is 0.784. The van der Waals surface area contributed by atoms with Crippen molar-refractivity contribution < 1.29 is 18.7 Å². The summed E-state index contributed by atoms with van der Waals surface area (Å²) in [6.45, 7) is 1.67. The lowest BCUT2D eigenvalue weighted by Gasteiger charge is -2.15. The van der Waals surface area contributed by atoms with Crippen molar-refractivity contribution in [3.8, 4) is 0 Å². The lowest BCUT2D eigenvalue weighted by atomic mass is 10.1. The molecule has 0 saturated heterocycles. The smallest absolute Gasteiger partial charge is 0.412 e. The van der Waals surface area contributed by atoms with Crippen molar-refractivity contribution in [3.05, 3.63) is 47.9 Å². The number of amides is 3. The Balaban J connectivity index is 1.68. The van der Waals surface area contributed by atoms with Gasteiger partial charge in [-0.05, 0) is 13.0 Å². The van der Waals surface area contributed by atoms with Crippen molar-refractivity contribution in [1.82, 2.24) is 20.5 Å². The number of urea groups is 1. The number of nitrogens with one attached hydrogen (secondary N) is 4. The van der Waals surface area contributed by atoms with Gasteiger partial charge in [-0.2, -0.15) is 5.10 Å². The summed E-state index contributed by atoms with van der Waals surface area (Å²) in [4.78, 5) is 27.5. The highest BCUT2D eigenvalue weighted by Gasteiger charge is 2.15. The number of nitrogens with zero attached hydrogens (tertiary/aromatic N) is 2. The fourth-order valence-corrected chi connectivity index (χ4v) is 2.48. The molecule has 0 aliphatic rings. The second kappa shape index (κ2) is 7.68. The largest absolute Gasteiger partial charge is 0.453 e. The van der Waals surface area contributed by atoms with Gasteiger partial charge in [0.15, 0.2) is 5.82 Å². The Morgan fingerprint density at radius 3 is 2.78 bits per heavy atom. The number of carbonyl (C=O) groups excluding carboxylic acids is 2. The third kappa shape index (κ3) is 4.11. The van der Waals surface area contributed by atoms with E-state index in [1.807, 2.05) is 0 Å². The highest BCUT2D eigenvalue weighted by atomic mass is 19.1. The number of pyridine rings is 1. The average molecular weight is 372 g/mol. The second-order valence-electron chi connectivity index (χ2n) is 5.65. The minimum Gasteiger partial charge on any atom is -0.453 e. The summed E-state index contributed by atoms with van der Waals surface area (Å²) in [5.74, 6) is 0.121. The van der Waals surface area contributed by atoms with Crippen molar-refractivity contribution in [3.63, 3.8) is 0 Å². The molecule has 2 heterocycles. The van der Waals surface area contributed by atoms with Crippen LogP contribution in [0.1, 0.15) is 18.5 Å². The maximum absolute atomic E-state index is 13.8. The van der Waals surface area contributed by atoms with Crippen LogP contribution in [0.4, 0.5) is 25.6 Å². The predicted molar refractivity (Wildman–Crippen MR) is 96.9 cm³/mol. The third-order valence-electron chi connectivity index (χ3n) is 3.81. The normalized spacial score (nSPS) is 11.7. The summed E-state index contributed by atoms with van der Waals surface area (Å²) in [5.41, 5.74) is 0.928. The van der Waals surface area contributed by atoms with Gasteiger partial charge in [0.1, 0.15) is 11.6 Å². The molecule has 10 heteroatoms. The number of hydrogen-bond donors (Lipinski definition) is 4. The molecule has 2 aromatic heterocycles. The van der Waals surface area contributed by atoms with Crippen LogP contribution in [0.3, 0.4) is 0 Å². The average Bonchev–Trinajstić information content (AvgIpc) is 3.03. The van der Waals surface area contributed by atoms with Gasteiger partial charge in [0.05, 0.1) is 24.1 Å². The van der Waals surface area contributed by atoms with Crippen LogP contribution in [0.5, 0.6) is 0 Å². The summed E-state index contributed by atoms with van der Waals surface area (Å²) >= 11 is 0. The van der Waals surface area contributed by atoms with E-state index in [0.717, 1.165) is 0 Å². The molecule has 0 radical (unpaired) electrons. The number of aromatic nitrogens is 3. The number of ether oxygens (including phenoxy) is 1. The number of rotatable bonds is 4. The van der Waals surface area contributed by atoms with Crippen molar-refractivity contribution in [2.45, 2.75) is 13.0 Å². The SMILES string of the molecule is COC(=O)Nc1n[nH]c2cc(NC(=O)N[C@H](C)c3ccccc3F)ncc12. The minimum atomic E-state index is -0.660. The van der Waals surface area contributed by atoms with E-state index in [2.05, 4.69) is 35.9 Å². The molecule has 3 rings (SSSR count). The first-order chi connectivity index (χ1) is 13.0. The van der Waals surface area contributed by atoms with Crippen LogP contribution >= 0.6 is 0 Å². The van der Waals surface area contributed by atoms with Gasteiger partial charge < -0.3 is 10.1 Å². The zero-order valence-corrected chi connectivity index (χ0v) is 14.5. The van der Waals surface area contributed by atoms with E-state index in [1.165, 1.54) is 19.4 Å². The molecule has 3 amide bonds. The van der Waals surface area contributed by atoms with Gasteiger partial charge in [-0.15, -0.1) is 0 Å². The Hall–Kier alpha value is -3.69. The molecule has 0 bridgehead atoms. The predicted octanol–water partition coefficient (Wildman–Crippen LogP) is 3.16. The molecule has 0 aliphatic carbocycles. The number of H-pyrrole nitrogens is 1. The first-order valence-corrected chi connectivity index (χ1v) is 7.99. The highest BCUT2D eigenvalue weighted by molar-refractivity contribution is 5.98. The lowest BCUT2D eigenvalue weighted by Crippen LogP contribution is -2.31. The van der Waals surface area contributed by atoms with E-state index in [4.69, 9.17) is 0 Å². The standard InChI is InChI=1S/C17H17FN6O3/c1-9(10-5-3-4-6-12(10)18)20-16(25)21-14-7-13-11(8-19-14)15(24-23-13)22-17(26)27-2/h3-9H,1-2H3,(H2,19,20,21,25)(H2,22,23,24,26)/t9-/m1/s1. The fraction of sp³-hybridized carbons (Fsp3) is 0.176. The number of hydrogen-bond acceptors (Lipinski definition) is 5. The Morgan fingerprint density at radius 2 is 2.04 bits per heavy atom. The van der Waals surface area contributed by atoms with Gasteiger partial charge in [0.2, 0.25) is 0 Å². The van der Waals surface area contributed by atoms with Crippen molar-refractivity contribution >= 4 is 34.7 Å². The minimum absolute atomic E-state index is 0.258. The summed E-state index contributed by atoms with van der Waals surface area (Å²) in [7, 11) is 1.24. The van der Waals surface area contributed by atoms with Crippen molar-refractivity contribution in [2.24, 2.45) is 0 Å². The number of fused-ring (bicyclic) bond motifs is 1. The second-order valence-corrected chi connectivity index (χ2v) is 5.65. The van der Waals surface area contributed by atoms with E-state index >= 15 is 0 Å². The number of halogens is 1. The van der Waals surface area contributed by atoms with Crippen LogP contribution in [0.2, 0.25) is 0 Å². The van der Waals surface area contributed by atoms with Crippen LogP contribution in [0, 0.1) is 5.82 Å². The van der Waals surface area contributed by atoms with E-state index in [9.17, 15) is 14.0 Å². The van der Waals surface area contributed by atoms with Gasteiger partial charge >= 0.3 is 12.1 Å². The molecule has 1 aromatic carbocycles. The van der Waals surface area contributed by atoms with Gasteiger partial charge in [0, 0.05) is 17.8 Å². The number of aromatic amines is 1. The quantitative estimate of drug-likeness (QED) is 0.560. The number of carbonyl (C=O) groups is 2. The third-order valence-corrected chi connectivity index (χ3v) is 3.81. The van der Waals surface area contributed by atoms with Crippen LogP contribution in [0.25, 0.3) is 10.9 Å². The Bertz CT molecular complexity index is 990. The molecule has 4 N–H and O–H groups in total. The number of benzene rings is 1. The van der Waals surface area contributed by atoms with Crippen LogP contribution < -0.4 is 16.0 Å². The molecule has 0 aliphatic heterocycles. The molecular formula is C17H17FN6O3. The molecule has 9 nitrogen and oxygen atoms in total. The number of anilines is 2. The first kappa shape index (κ1) is 18.1. The molecule has 1 atom stereocenters. The lowest BCUT2D eigenvalue weighted by molar-refractivity contribution is 0.187. The summed E-state index contributed by atoms with van der Waals surface area (Å²) in [5, 5.41) is 14.9. The molecule has 0 unspecified atom stereocenters. The van der Waals surface area contributed by atoms with E-state index < -0.39 is 24.0 Å². The fourth-order valence-electron chi connectivity index (χ4n) is 2.48. The maximum atomic E-state index is 13.8. The van der Waals surface area contributed by atoms with E-state index in [0.29, 0.717) is 16.5 Å². The van der Waals surface area contributed by atoms with Crippen LogP contribution in [-0.2, 0) is 4.74 Å². The Morgan fingerprint density at radius 1 is 1.26 bits per heavy atom. The van der Waals surface area contributed by atoms with Gasteiger partial charge in [-0.1, -0.05) is 18.2 Å². The zero-order chi connectivity index (χ0) is 19.4. The molecule has 27 heavy (non-hydrogen) atoms. The molecular weight excluding hydrogens is 355 g/mol. The van der Waals surface area contributed by atoms with Gasteiger partial charge in [0.25, 0.3) is 0 Å². The zero-order valence-electron chi connectivity index (χ0n) is 14.5. The van der Waals surface area contributed by atoms with Crippen molar-refractivity contribution in [1.29, 1.82) is 0 Å². The van der Waals surface area contributed by atoms with Crippen LogP contribution in [0.15, 0.2) is 36.5 Å². The first-order valence-electron chi connectivity index (χ1n) is 7.99. The topological polar surface area (TPSA) is 121 Å². The molecule has 0 fully saturated rings. The van der Waals surface area contributed by atoms with E-state index in [1.54, 1.807) is 31.2 Å². The van der Waals surface area contributed by atoms with Crippen LogP contribution in [-0.4, -0.2) is 34.4 Å². The number of methoxy groups -OCH3 is 1. The Kier molecular flexibility index (Phi) is 5.15. The summed E-state index contributed by atoms with van der Waals surface area (Å²) < 4.78 is 18.3. The van der Waals surface area contributed by atoms with Gasteiger partial charge in [-0.25, -0.2) is 19.0 Å². The molecule has 0 saturated carbocycles. The van der Waals surface area contributed by atoms with E-state index in [-0.39, 0.29) is 11.6 Å². The van der Waals surface area contributed by atoms with Crippen molar-refractivity contribution in [2.75, 3.05) is 17.7 Å². The molecule has 3 aromatic rings. The molecule has 140 valence electrons.